The molecule has 58 valence electrons. The predicted octanol–water partition coefficient (Wildman–Crippen LogP) is 3.29. The van der Waals surface area contributed by atoms with Gasteiger partial charge in [0.15, 0.2) is 0 Å². The average Bonchev–Trinajstić information content (AvgIpc) is 2.50. The van der Waals surface area contributed by atoms with Crippen molar-refractivity contribution in [3.8, 4) is 0 Å². The highest BCUT2D eigenvalue weighted by Crippen LogP contribution is 2.25. The molecule has 1 aromatic rings. The molecule has 0 fully saturated rings. The fourth-order valence-electron chi connectivity index (χ4n) is 0.873. The molecule has 0 spiro atoms. The minimum Gasteiger partial charge on any atom is -0.308 e. The fraction of sp³-hybridized carbons (Fsp3) is 0.444. The van der Waals surface area contributed by atoms with Crippen molar-refractivity contribution >= 4 is 11.3 Å². The fourth-order valence-corrected chi connectivity index (χ4v) is 1.82. The van der Waals surface area contributed by atoms with Gasteiger partial charge in [-0.15, -0.1) is 11.3 Å². The van der Waals surface area contributed by atoms with E-state index in [1.54, 1.807) is 11.3 Å². The zero-order valence-corrected chi connectivity index (χ0v) is 7.61. The van der Waals surface area contributed by atoms with Crippen molar-refractivity contribution in [2.45, 2.75) is 26.3 Å². The number of thiophene rings is 1. The maximum Gasteiger partial charge on any atom is 0.254 e. The quantitative estimate of drug-likeness (QED) is 0.592. The highest BCUT2D eigenvalue weighted by molar-refractivity contribution is 7.12. The second-order valence-corrected chi connectivity index (χ2v) is 3.66. The topological polar surface area (TPSA) is 4.36 Å². The van der Waals surface area contributed by atoms with Gasteiger partial charge in [-0.05, 0) is 18.6 Å². The molecule has 0 aliphatic rings. The standard InChI is InChI=1S/C9H11NS/c1-4-8-5-6-9(11-8)7(2)10-3/h5-7H,4H2,1-2H3. The molecule has 0 saturated heterocycles. The van der Waals surface area contributed by atoms with E-state index in [-0.39, 0.29) is 6.04 Å². The van der Waals surface area contributed by atoms with E-state index in [0.717, 1.165) is 6.42 Å². The molecule has 1 heterocycles. The number of aryl methyl sites for hydroxylation is 1. The van der Waals surface area contributed by atoms with E-state index in [0.29, 0.717) is 0 Å². The summed E-state index contributed by atoms with van der Waals surface area (Å²) in [5.41, 5.74) is 0. The van der Waals surface area contributed by atoms with Crippen LogP contribution in [0.4, 0.5) is 0 Å². The van der Waals surface area contributed by atoms with E-state index < -0.39 is 0 Å². The van der Waals surface area contributed by atoms with Crippen molar-refractivity contribution in [2.24, 2.45) is 0 Å². The molecule has 0 radical (unpaired) electrons. The molecule has 0 aliphatic carbocycles. The van der Waals surface area contributed by atoms with Crippen molar-refractivity contribution < 1.29 is 0 Å². The Hall–Kier alpha value is -0.810. The SMILES string of the molecule is [C-]#[N+]C(C)c1ccc(CC)s1. The van der Waals surface area contributed by atoms with Gasteiger partial charge in [0.25, 0.3) is 6.04 Å². The third-order valence-electron chi connectivity index (χ3n) is 1.64. The Labute approximate surface area is 71.5 Å². The molecule has 0 bridgehead atoms. The van der Waals surface area contributed by atoms with Gasteiger partial charge >= 0.3 is 0 Å². The van der Waals surface area contributed by atoms with Crippen LogP contribution in [0.1, 0.15) is 29.6 Å². The first-order valence-electron chi connectivity index (χ1n) is 3.73. The molecule has 0 amide bonds. The van der Waals surface area contributed by atoms with Crippen LogP contribution in [0.3, 0.4) is 0 Å². The van der Waals surface area contributed by atoms with Crippen molar-refractivity contribution in [2.75, 3.05) is 0 Å². The first-order valence-corrected chi connectivity index (χ1v) is 4.54. The summed E-state index contributed by atoms with van der Waals surface area (Å²) in [5.74, 6) is 0. The van der Waals surface area contributed by atoms with Crippen LogP contribution in [-0.4, -0.2) is 0 Å². The third kappa shape index (κ3) is 1.81. The summed E-state index contributed by atoms with van der Waals surface area (Å²) in [5, 5.41) is 0. The molecular formula is C9H11NS. The van der Waals surface area contributed by atoms with E-state index in [1.807, 2.05) is 6.92 Å². The van der Waals surface area contributed by atoms with Gasteiger partial charge in [0.1, 0.15) is 0 Å². The first-order chi connectivity index (χ1) is 5.27. The van der Waals surface area contributed by atoms with Gasteiger partial charge in [0, 0.05) is 11.8 Å². The second-order valence-electron chi connectivity index (χ2n) is 2.46. The van der Waals surface area contributed by atoms with Crippen LogP contribution in [0.25, 0.3) is 4.85 Å². The zero-order chi connectivity index (χ0) is 8.27. The molecule has 2 heteroatoms. The summed E-state index contributed by atoms with van der Waals surface area (Å²) in [6, 6.07) is 4.22. The molecule has 1 nitrogen and oxygen atoms in total. The van der Waals surface area contributed by atoms with Crippen LogP contribution in [0.5, 0.6) is 0 Å². The van der Waals surface area contributed by atoms with Gasteiger partial charge in [0.05, 0.1) is 4.88 Å². The van der Waals surface area contributed by atoms with Crippen LogP contribution in [0, 0.1) is 6.57 Å². The van der Waals surface area contributed by atoms with Gasteiger partial charge in [-0.1, -0.05) is 6.92 Å². The van der Waals surface area contributed by atoms with Crippen molar-refractivity contribution in [1.82, 2.24) is 0 Å². The van der Waals surface area contributed by atoms with Crippen LogP contribution >= 0.6 is 11.3 Å². The van der Waals surface area contributed by atoms with Crippen molar-refractivity contribution in [3.05, 3.63) is 33.3 Å². The lowest BCUT2D eigenvalue weighted by Crippen LogP contribution is -1.77. The molecule has 11 heavy (non-hydrogen) atoms. The molecule has 0 aliphatic heterocycles. The lowest BCUT2D eigenvalue weighted by molar-refractivity contribution is 0.991. The molecule has 0 saturated carbocycles. The van der Waals surface area contributed by atoms with E-state index in [9.17, 15) is 0 Å². The monoisotopic (exact) mass is 165 g/mol. The highest BCUT2D eigenvalue weighted by Gasteiger charge is 2.09. The molecule has 1 aromatic heterocycles. The van der Waals surface area contributed by atoms with Gasteiger partial charge in [-0.3, -0.25) is 0 Å². The van der Waals surface area contributed by atoms with Crippen molar-refractivity contribution in [1.29, 1.82) is 0 Å². The van der Waals surface area contributed by atoms with E-state index >= 15 is 0 Å². The van der Waals surface area contributed by atoms with Crippen LogP contribution in [0.2, 0.25) is 0 Å². The predicted molar refractivity (Wildman–Crippen MR) is 48.7 cm³/mol. The molecule has 1 atom stereocenters. The Morgan fingerprint density at radius 3 is 2.82 bits per heavy atom. The van der Waals surface area contributed by atoms with E-state index in [2.05, 4.69) is 23.9 Å². The summed E-state index contributed by atoms with van der Waals surface area (Å²) >= 11 is 1.75. The maximum atomic E-state index is 6.84. The number of hydrogen-bond acceptors (Lipinski definition) is 1. The van der Waals surface area contributed by atoms with E-state index in [1.165, 1.54) is 9.75 Å². The Bertz CT molecular complexity index is 269. The average molecular weight is 165 g/mol. The molecule has 1 rings (SSSR count). The first kappa shape index (κ1) is 8.29. The van der Waals surface area contributed by atoms with Gasteiger partial charge < -0.3 is 4.85 Å². The normalized spacial score (nSPS) is 12.5. The Balaban J connectivity index is 2.82. The lowest BCUT2D eigenvalue weighted by atomic mass is 10.3. The van der Waals surface area contributed by atoms with E-state index in [4.69, 9.17) is 6.57 Å². The Morgan fingerprint density at radius 2 is 2.36 bits per heavy atom. The molecule has 1 unspecified atom stereocenters. The number of nitrogens with zero attached hydrogens (tertiary/aromatic N) is 1. The summed E-state index contributed by atoms with van der Waals surface area (Å²) in [7, 11) is 0. The smallest absolute Gasteiger partial charge is 0.254 e. The maximum absolute atomic E-state index is 6.84. The largest absolute Gasteiger partial charge is 0.308 e. The van der Waals surface area contributed by atoms with Gasteiger partial charge in [-0.2, -0.15) is 0 Å². The van der Waals surface area contributed by atoms with Gasteiger partial charge in [0.2, 0.25) is 0 Å². The summed E-state index contributed by atoms with van der Waals surface area (Å²) in [6.45, 7) is 10.9. The Morgan fingerprint density at radius 1 is 1.64 bits per heavy atom. The second kappa shape index (κ2) is 3.54. The van der Waals surface area contributed by atoms with Crippen LogP contribution in [-0.2, 0) is 6.42 Å². The van der Waals surface area contributed by atoms with Gasteiger partial charge in [-0.25, -0.2) is 6.57 Å². The summed E-state index contributed by atoms with van der Waals surface area (Å²) in [6.07, 6.45) is 1.08. The third-order valence-corrected chi connectivity index (χ3v) is 3.04. The highest BCUT2D eigenvalue weighted by atomic mass is 32.1. The minimum absolute atomic E-state index is 0.0419. The number of hydrogen-bond donors (Lipinski definition) is 0. The number of rotatable bonds is 2. The zero-order valence-electron chi connectivity index (χ0n) is 6.79. The minimum atomic E-state index is 0.0419. The van der Waals surface area contributed by atoms with Crippen LogP contribution in [0.15, 0.2) is 12.1 Å². The lowest BCUT2D eigenvalue weighted by Gasteiger charge is -1.91. The van der Waals surface area contributed by atoms with Crippen molar-refractivity contribution in [3.63, 3.8) is 0 Å². The summed E-state index contributed by atoms with van der Waals surface area (Å²) in [4.78, 5) is 6.03. The Kier molecular flexibility index (Phi) is 2.67. The molecular weight excluding hydrogens is 154 g/mol. The molecule has 0 N–H and O–H groups in total. The molecule has 0 aromatic carbocycles. The van der Waals surface area contributed by atoms with Crippen LogP contribution < -0.4 is 0 Å². The summed E-state index contributed by atoms with van der Waals surface area (Å²) < 4.78 is 0.